The predicted octanol–water partition coefficient (Wildman–Crippen LogP) is 2.81. The second-order valence-corrected chi connectivity index (χ2v) is 7.34. The molecule has 0 aromatic carbocycles. The summed E-state index contributed by atoms with van der Waals surface area (Å²) in [6.45, 7) is 2.68. The molecule has 0 N–H and O–H groups in total. The molecule has 0 spiro atoms. The first kappa shape index (κ1) is 15.7. The van der Waals surface area contributed by atoms with Crippen LogP contribution >= 0.6 is 15.9 Å². The van der Waals surface area contributed by atoms with Crippen LogP contribution in [0, 0.1) is 5.92 Å². The van der Waals surface area contributed by atoms with Crippen LogP contribution in [-0.2, 0) is 12.8 Å². The molecule has 7 heteroatoms. The van der Waals surface area contributed by atoms with Gasteiger partial charge in [0.05, 0.1) is 11.1 Å². The zero-order valence-corrected chi connectivity index (χ0v) is 15.1. The average molecular weight is 390 g/mol. The monoisotopic (exact) mass is 389 g/mol. The smallest absolute Gasteiger partial charge is 0.316 e. The fourth-order valence-electron chi connectivity index (χ4n) is 3.58. The summed E-state index contributed by atoms with van der Waals surface area (Å²) in [4.78, 5) is 19.8. The standard InChI is InChI=1S/C17H20BrN5O/c18-13-7-19-17(20-8-13)24-10-12-3-2-6-23(9-12)16-14-4-1-5-15(14)21-11-22-16/h7-8,11-12H,1-6,9-10H2. The van der Waals surface area contributed by atoms with Crippen LogP contribution in [0.25, 0.3) is 0 Å². The maximum absolute atomic E-state index is 5.77. The fraction of sp³-hybridized carbons (Fsp3) is 0.529. The molecule has 1 aliphatic heterocycles. The predicted molar refractivity (Wildman–Crippen MR) is 94.2 cm³/mol. The average Bonchev–Trinajstić information content (AvgIpc) is 3.10. The van der Waals surface area contributed by atoms with E-state index in [2.05, 4.69) is 40.8 Å². The van der Waals surface area contributed by atoms with Crippen LogP contribution in [0.2, 0.25) is 0 Å². The van der Waals surface area contributed by atoms with Crippen LogP contribution in [0.5, 0.6) is 6.01 Å². The van der Waals surface area contributed by atoms with Crippen LogP contribution in [0.4, 0.5) is 5.82 Å². The summed E-state index contributed by atoms with van der Waals surface area (Å²) in [6.07, 6.45) is 10.9. The van der Waals surface area contributed by atoms with Crippen LogP contribution in [0.3, 0.4) is 0 Å². The van der Waals surface area contributed by atoms with Gasteiger partial charge in [0.1, 0.15) is 12.1 Å². The molecule has 0 radical (unpaired) electrons. The van der Waals surface area contributed by atoms with E-state index >= 15 is 0 Å². The molecule has 2 aromatic rings. The minimum absolute atomic E-state index is 0.443. The van der Waals surface area contributed by atoms with Crippen molar-refractivity contribution in [2.45, 2.75) is 32.1 Å². The zero-order chi connectivity index (χ0) is 16.4. The normalized spacial score (nSPS) is 20.0. The molecular weight excluding hydrogens is 370 g/mol. The number of piperidine rings is 1. The Morgan fingerprint density at radius 2 is 2.00 bits per heavy atom. The van der Waals surface area contributed by atoms with E-state index in [-0.39, 0.29) is 0 Å². The number of rotatable bonds is 4. The number of aromatic nitrogens is 4. The Balaban J connectivity index is 1.41. The molecule has 1 fully saturated rings. The summed E-state index contributed by atoms with van der Waals surface area (Å²) in [6, 6.07) is 0.443. The summed E-state index contributed by atoms with van der Waals surface area (Å²) in [5.41, 5.74) is 2.59. The van der Waals surface area contributed by atoms with Gasteiger partial charge in [-0.05, 0) is 48.0 Å². The third kappa shape index (κ3) is 3.36. The summed E-state index contributed by atoms with van der Waals surface area (Å²) >= 11 is 3.33. The van der Waals surface area contributed by atoms with Crippen LogP contribution < -0.4 is 9.64 Å². The second-order valence-electron chi connectivity index (χ2n) is 6.43. The lowest BCUT2D eigenvalue weighted by Gasteiger charge is -2.34. The Morgan fingerprint density at radius 3 is 2.88 bits per heavy atom. The number of halogens is 1. The maximum atomic E-state index is 5.77. The minimum Gasteiger partial charge on any atom is -0.463 e. The number of aryl methyl sites for hydroxylation is 1. The molecule has 24 heavy (non-hydrogen) atoms. The molecular formula is C17H20BrN5O. The molecule has 2 aromatic heterocycles. The molecule has 6 nitrogen and oxygen atoms in total. The number of nitrogens with zero attached hydrogens (tertiary/aromatic N) is 5. The summed E-state index contributed by atoms with van der Waals surface area (Å²) < 4.78 is 6.63. The molecule has 1 atom stereocenters. The van der Waals surface area contributed by atoms with Gasteiger partial charge in [0.15, 0.2) is 0 Å². The van der Waals surface area contributed by atoms with Gasteiger partial charge in [-0.2, -0.15) is 0 Å². The van der Waals surface area contributed by atoms with Crippen molar-refractivity contribution in [1.29, 1.82) is 0 Å². The van der Waals surface area contributed by atoms with Crippen LogP contribution in [0.1, 0.15) is 30.5 Å². The first-order valence-electron chi connectivity index (χ1n) is 8.47. The van der Waals surface area contributed by atoms with Crippen molar-refractivity contribution < 1.29 is 4.74 Å². The highest BCUT2D eigenvalue weighted by Crippen LogP contribution is 2.30. The van der Waals surface area contributed by atoms with E-state index in [1.807, 2.05) is 0 Å². The van der Waals surface area contributed by atoms with Gasteiger partial charge in [-0.1, -0.05) is 0 Å². The highest BCUT2D eigenvalue weighted by atomic mass is 79.9. The molecule has 1 aliphatic carbocycles. The number of ether oxygens (including phenoxy) is 1. The van der Waals surface area contributed by atoms with Gasteiger partial charge in [-0.15, -0.1) is 0 Å². The first-order valence-corrected chi connectivity index (χ1v) is 9.27. The molecule has 0 saturated carbocycles. The van der Waals surface area contributed by atoms with Gasteiger partial charge in [-0.25, -0.2) is 19.9 Å². The van der Waals surface area contributed by atoms with Gasteiger partial charge < -0.3 is 9.64 Å². The highest BCUT2D eigenvalue weighted by molar-refractivity contribution is 9.10. The van der Waals surface area contributed by atoms with Crippen molar-refractivity contribution in [1.82, 2.24) is 19.9 Å². The maximum Gasteiger partial charge on any atom is 0.316 e. The quantitative estimate of drug-likeness (QED) is 0.800. The lowest BCUT2D eigenvalue weighted by molar-refractivity contribution is 0.213. The van der Waals surface area contributed by atoms with E-state index in [0.29, 0.717) is 18.5 Å². The van der Waals surface area contributed by atoms with E-state index in [9.17, 15) is 0 Å². The Hall–Kier alpha value is -1.76. The Kier molecular flexibility index (Phi) is 4.60. The van der Waals surface area contributed by atoms with Gasteiger partial charge in [0.2, 0.25) is 0 Å². The van der Waals surface area contributed by atoms with Crippen molar-refractivity contribution in [2.24, 2.45) is 5.92 Å². The first-order chi connectivity index (χ1) is 11.8. The van der Waals surface area contributed by atoms with Crippen LogP contribution in [-0.4, -0.2) is 39.6 Å². The summed E-state index contributed by atoms with van der Waals surface area (Å²) in [5.74, 6) is 1.61. The number of hydrogen-bond acceptors (Lipinski definition) is 6. The van der Waals surface area contributed by atoms with Crippen LogP contribution in [0.15, 0.2) is 23.2 Å². The fourth-order valence-corrected chi connectivity index (χ4v) is 3.78. The van der Waals surface area contributed by atoms with Crippen molar-refractivity contribution >= 4 is 21.7 Å². The van der Waals surface area contributed by atoms with E-state index in [1.165, 1.54) is 24.1 Å². The number of fused-ring (bicyclic) bond motifs is 1. The van der Waals surface area contributed by atoms with Crippen molar-refractivity contribution in [3.63, 3.8) is 0 Å². The summed E-state index contributed by atoms with van der Waals surface area (Å²) in [5, 5.41) is 0. The summed E-state index contributed by atoms with van der Waals surface area (Å²) in [7, 11) is 0. The zero-order valence-electron chi connectivity index (χ0n) is 13.5. The lowest BCUT2D eigenvalue weighted by atomic mass is 9.98. The molecule has 4 rings (SSSR count). The molecule has 0 amide bonds. The second kappa shape index (κ2) is 7.01. The number of anilines is 1. The van der Waals surface area contributed by atoms with Gasteiger partial charge >= 0.3 is 6.01 Å². The van der Waals surface area contributed by atoms with E-state index < -0.39 is 0 Å². The SMILES string of the molecule is Brc1cnc(OCC2CCCN(c3ncnc4c3CCC4)C2)nc1. The molecule has 2 aliphatic rings. The third-order valence-corrected chi connectivity index (χ3v) is 5.13. The Labute approximate surface area is 149 Å². The minimum atomic E-state index is 0.443. The van der Waals surface area contributed by atoms with E-state index in [4.69, 9.17) is 4.74 Å². The Morgan fingerprint density at radius 1 is 1.12 bits per heavy atom. The molecule has 126 valence electrons. The molecule has 1 saturated heterocycles. The topological polar surface area (TPSA) is 64.0 Å². The van der Waals surface area contributed by atoms with E-state index in [1.54, 1.807) is 18.7 Å². The van der Waals surface area contributed by atoms with Gasteiger partial charge in [0.25, 0.3) is 0 Å². The highest BCUT2D eigenvalue weighted by Gasteiger charge is 2.26. The van der Waals surface area contributed by atoms with Gasteiger partial charge in [-0.3, -0.25) is 0 Å². The largest absolute Gasteiger partial charge is 0.463 e. The third-order valence-electron chi connectivity index (χ3n) is 4.72. The molecule has 3 heterocycles. The molecule has 0 bridgehead atoms. The van der Waals surface area contributed by atoms with Gasteiger partial charge in [0, 0.05) is 42.7 Å². The lowest BCUT2D eigenvalue weighted by Crippen LogP contribution is -2.39. The molecule has 1 unspecified atom stereocenters. The van der Waals surface area contributed by atoms with Crippen molar-refractivity contribution in [3.05, 3.63) is 34.5 Å². The van der Waals surface area contributed by atoms with Crippen molar-refractivity contribution in [2.75, 3.05) is 24.6 Å². The number of hydrogen-bond donors (Lipinski definition) is 0. The van der Waals surface area contributed by atoms with E-state index in [0.717, 1.165) is 42.6 Å². The van der Waals surface area contributed by atoms with Crippen molar-refractivity contribution in [3.8, 4) is 6.01 Å². The Bertz CT molecular complexity index is 709.